The molecule has 0 aliphatic carbocycles. The molecule has 0 aliphatic heterocycles. The molecule has 7 nitrogen and oxygen atoms in total. The number of rotatable bonds is 6. The lowest BCUT2D eigenvalue weighted by molar-refractivity contribution is -0.138. The summed E-state index contributed by atoms with van der Waals surface area (Å²) in [6.45, 7) is 0. The van der Waals surface area contributed by atoms with E-state index in [0.717, 1.165) is 13.2 Å². The number of benzene rings is 2. The average Bonchev–Trinajstić information content (AvgIpc) is 3.42. The van der Waals surface area contributed by atoms with Crippen LogP contribution >= 0.6 is 22.7 Å². The number of nitrogens with one attached hydrogen (secondary N) is 2. The van der Waals surface area contributed by atoms with Gasteiger partial charge in [0.2, 0.25) is 5.91 Å². The summed E-state index contributed by atoms with van der Waals surface area (Å²) in [7, 11) is 1.15. The van der Waals surface area contributed by atoms with Crippen LogP contribution in [0.3, 0.4) is 0 Å². The molecule has 2 aromatic carbocycles. The molecule has 0 fully saturated rings. The van der Waals surface area contributed by atoms with Crippen molar-refractivity contribution in [2.75, 3.05) is 17.7 Å². The Bertz CT molecular complexity index is 1320. The van der Waals surface area contributed by atoms with E-state index in [1.807, 2.05) is 0 Å². The van der Waals surface area contributed by atoms with E-state index < -0.39 is 17.6 Å². The molecule has 0 unspecified atom stereocenters. The van der Waals surface area contributed by atoms with Crippen molar-refractivity contribution in [2.24, 2.45) is 0 Å². The standard InChI is InChI=1S/C21H15F3N4O3S2/c1-31-16-5-2-11(6-13(16)21(22,23)24)7-18(29)28-20-27-14-4-3-12(8-17(14)33-20)26-19(30)15-9-32-10-25-15/h2-6,8-10H,7H2,1H3,(H,26,30)(H,27,28,29). The molecule has 0 atom stereocenters. The number of nitrogens with zero attached hydrogens (tertiary/aromatic N) is 2. The summed E-state index contributed by atoms with van der Waals surface area (Å²) in [5.74, 6) is -1.16. The van der Waals surface area contributed by atoms with E-state index in [4.69, 9.17) is 4.74 Å². The number of ether oxygens (including phenoxy) is 1. The number of methoxy groups -OCH3 is 1. The summed E-state index contributed by atoms with van der Waals surface area (Å²) in [4.78, 5) is 32.8. The molecule has 0 radical (unpaired) electrons. The highest BCUT2D eigenvalue weighted by atomic mass is 32.1. The highest BCUT2D eigenvalue weighted by molar-refractivity contribution is 7.22. The predicted molar refractivity (Wildman–Crippen MR) is 120 cm³/mol. The SMILES string of the molecule is COc1ccc(CC(=O)Nc2nc3ccc(NC(=O)c4cscn4)cc3s2)cc1C(F)(F)F. The lowest BCUT2D eigenvalue weighted by Gasteiger charge is -2.13. The van der Waals surface area contributed by atoms with Crippen molar-refractivity contribution in [3.05, 3.63) is 64.1 Å². The first-order valence-corrected chi connectivity index (χ1v) is 11.1. The van der Waals surface area contributed by atoms with E-state index >= 15 is 0 Å². The molecular formula is C21H15F3N4O3S2. The minimum atomic E-state index is -4.60. The number of aromatic nitrogens is 2. The number of hydrogen-bond acceptors (Lipinski definition) is 7. The number of halogens is 3. The summed E-state index contributed by atoms with van der Waals surface area (Å²) in [6, 6.07) is 8.57. The van der Waals surface area contributed by atoms with Crippen LogP contribution in [0.25, 0.3) is 10.2 Å². The smallest absolute Gasteiger partial charge is 0.419 e. The third-order valence-electron chi connectivity index (χ3n) is 4.49. The second kappa shape index (κ2) is 9.16. The fraction of sp³-hybridized carbons (Fsp3) is 0.143. The molecule has 0 saturated heterocycles. The van der Waals surface area contributed by atoms with Crippen LogP contribution in [0.4, 0.5) is 24.0 Å². The number of carbonyl (C=O) groups excluding carboxylic acids is 2. The molecule has 0 saturated carbocycles. The van der Waals surface area contributed by atoms with Crippen LogP contribution in [0, 0.1) is 0 Å². The van der Waals surface area contributed by atoms with E-state index in [-0.39, 0.29) is 23.6 Å². The normalized spacial score (nSPS) is 11.4. The van der Waals surface area contributed by atoms with Gasteiger partial charge < -0.3 is 15.4 Å². The van der Waals surface area contributed by atoms with Crippen LogP contribution in [0.5, 0.6) is 5.75 Å². The van der Waals surface area contributed by atoms with E-state index in [0.29, 0.717) is 26.7 Å². The predicted octanol–water partition coefficient (Wildman–Crippen LogP) is 5.21. The van der Waals surface area contributed by atoms with Crippen LogP contribution < -0.4 is 15.4 Å². The van der Waals surface area contributed by atoms with Gasteiger partial charge in [-0.25, -0.2) is 9.97 Å². The third-order valence-corrected chi connectivity index (χ3v) is 6.01. The summed E-state index contributed by atoms with van der Waals surface area (Å²) in [6.07, 6.45) is -4.87. The van der Waals surface area contributed by atoms with Gasteiger partial charge in [-0.15, -0.1) is 11.3 Å². The van der Waals surface area contributed by atoms with Crippen molar-refractivity contribution in [1.29, 1.82) is 0 Å². The highest BCUT2D eigenvalue weighted by Crippen LogP contribution is 2.37. The van der Waals surface area contributed by atoms with Gasteiger partial charge in [-0.05, 0) is 35.9 Å². The molecule has 12 heteroatoms. The first-order valence-electron chi connectivity index (χ1n) is 9.37. The van der Waals surface area contributed by atoms with Gasteiger partial charge in [0.05, 0.1) is 34.8 Å². The van der Waals surface area contributed by atoms with Crippen LogP contribution in [-0.2, 0) is 17.4 Å². The second-order valence-corrected chi connectivity index (χ2v) is 8.54. The number of anilines is 2. The molecule has 2 N–H and O–H groups in total. The molecular weight excluding hydrogens is 477 g/mol. The lowest BCUT2D eigenvalue weighted by Crippen LogP contribution is -2.15. The number of thiazole rings is 2. The van der Waals surface area contributed by atoms with Gasteiger partial charge in [0.15, 0.2) is 5.13 Å². The van der Waals surface area contributed by atoms with Crippen LogP contribution in [-0.4, -0.2) is 28.9 Å². The zero-order valence-corrected chi connectivity index (χ0v) is 18.5. The minimum Gasteiger partial charge on any atom is -0.496 e. The molecule has 0 bridgehead atoms. The van der Waals surface area contributed by atoms with Gasteiger partial charge in [-0.2, -0.15) is 13.2 Å². The fourth-order valence-electron chi connectivity index (χ4n) is 3.01. The zero-order valence-electron chi connectivity index (χ0n) is 16.9. The Kier molecular flexibility index (Phi) is 6.29. The third kappa shape index (κ3) is 5.29. The van der Waals surface area contributed by atoms with Crippen molar-refractivity contribution >= 4 is 55.5 Å². The van der Waals surface area contributed by atoms with Gasteiger partial charge in [-0.3, -0.25) is 9.59 Å². The molecule has 4 rings (SSSR count). The van der Waals surface area contributed by atoms with Gasteiger partial charge in [0.1, 0.15) is 11.4 Å². The van der Waals surface area contributed by atoms with E-state index in [1.54, 1.807) is 29.1 Å². The molecule has 2 aromatic heterocycles. The summed E-state index contributed by atoms with van der Waals surface area (Å²) >= 11 is 2.49. The van der Waals surface area contributed by atoms with E-state index in [2.05, 4.69) is 20.6 Å². The quantitative estimate of drug-likeness (QED) is 0.385. The molecule has 2 heterocycles. The maximum absolute atomic E-state index is 13.2. The van der Waals surface area contributed by atoms with Gasteiger partial charge in [0.25, 0.3) is 5.91 Å². The largest absolute Gasteiger partial charge is 0.496 e. The van der Waals surface area contributed by atoms with Crippen molar-refractivity contribution in [1.82, 2.24) is 9.97 Å². The summed E-state index contributed by atoms with van der Waals surface area (Å²) in [5, 5.41) is 7.28. The first-order chi connectivity index (χ1) is 15.7. The molecule has 33 heavy (non-hydrogen) atoms. The minimum absolute atomic E-state index is 0.189. The van der Waals surface area contributed by atoms with Crippen molar-refractivity contribution in [3.8, 4) is 5.75 Å². The summed E-state index contributed by atoms with van der Waals surface area (Å²) < 4.78 is 45.0. The van der Waals surface area contributed by atoms with Crippen LogP contribution in [0.1, 0.15) is 21.6 Å². The van der Waals surface area contributed by atoms with Gasteiger partial charge in [-0.1, -0.05) is 17.4 Å². The van der Waals surface area contributed by atoms with Crippen molar-refractivity contribution in [3.63, 3.8) is 0 Å². The first kappa shape index (κ1) is 22.7. The van der Waals surface area contributed by atoms with Gasteiger partial charge >= 0.3 is 6.18 Å². The Morgan fingerprint density at radius 1 is 1.12 bits per heavy atom. The van der Waals surface area contributed by atoms with Gasteiger partial charge in [0, 0.05) is 11.1 Å². The van der Waals surface area contributed by atoms with Crippen molar-refractivity contribution < 1.29 is 27.5 Å². The maximum Gasteiger partial charge on any atom is 0.419 e. The Morgan fingerprint density at radius 3 is 2.64 bits per heavy atom. The molecule has 2 amide bonds. The molecule has 170 valence electrons. The lowest BCUT2D eigenvalue weighted by atomic mass is 10.1. The number of hydrogen-bond donors (Lipinski definition) is 2. The molecule has 0 aliphatic rings. The number of carbonyl (C=O) groups is 2. The number of fused-ring (bicyclic) bond motifs is 1. The molecule has 0 spiro atoms. The second-order valence-electron chi connectivity index (χ2n) is 6.79. The molecule has 4 aromatic rings. The number of amides is 2. The average molecular weight is 493 g/mol. The Balaban J connectivity index is 1.45. The van der Waals surface area contributed by atoms with Crippen molar-refractivity contribution in [2.45, 2.75) is 12.6 Å². The Morgan fingerprint density at radius 2 is 1.94 bits per heavy atom. The van der Waals surface area contributed by atoms with E-state index in [9.17, 15) is 22.8 Å². The van der Waals surface area contributed by atoms with Crippen LogP contribution in [0.2, 0.25) is 0 Å². The maximum atomic E-state index is 13.2. The topological polar surface area (TPSA) is 93.2 Å². The number of alkyl halides is 3. The Labute approximate surface area is 193 Å². The highest BCUT2D eigenvalue weighted by Gasteiger charge is 2.34. The zero-order chi connectivity index (χ0) is 23.6. The monoisotopic (exact) mass is 492 g/mol. The summed E-state index contributed by atoms with van der Waals surface area (Å²) in [5.41, 5.74) is 2.26. The van der Waals surface area contributed by atoms with Crippen LogP contribution in [0.15, 0.2) is 47.3 Å². The van der Waals surface area contributed by atoms with E-state index in [1.165, 1.54) is 34.8 Å². The Hall–Kier alpha value is -3.51. The fourth-order valence-corrected chi connectivity index (χ4v) is 4.46.